The van der Waals surface area contributed by atoms with Crippen LogP contribution < -0.4 is 10.0 Å². The lowest BCUT2D eigenvalue weighted by Gasteiger charge is -2.07. The van der Waals surface area contributed by atoms with Gasteiger partial charge in [-0.2, -0.15) is 4.72 Å². The fourth-order valence-electron chi connectivity index (χ4n) is 2.19. The highest BCUT2D eigenvalue weighted by Crippen LogP contribution is 2.21. The van der Waals surface area contributed by atoms with Gasteiger partial charge in [0.25, 0.3) is 5.69 Å². The number of carbonyl (C=O) groups excluding carboxylic acids is 1. The molecule has 8 nitrogen and oxygen atoms in total. The normalized spacial score (nSPS) is 10.6. The molecule has 0 aliphatic carbocycles. The number of nitrogens with one attached hydrogen (secondary N) is 2. The molecule has 1 amide bonds. The quantitative estimate of drug-likeness (QED) is 0.463. The molecule has 2 rings (SSSR count). The summed E-state index contributed by atoms with van der Waals surface area (Å²) >= 11 is 0. The molecule has 2 N–H and O–H groups in total. The molecule has 0 atom stereocenters. The van der Waals surface area contributed by atoms with Crippen LogP contribution in [0.5, 0.6) is 0 Å². The number of sulfonamides is 1. The van der Waals surface area contributed by atoms with Gasteiger partial charge in [-0.25, -0.2) is 8.42 Å². The Hall–Kier alpha value is -3.22. The number of anilines is 1. The Balaban J connectivity index is 2.07. The van der Waals surface area contributed by atoms with Crippen LogP contribution >= 0.6 is 0 Å². The summed E-state index contributed by atoms with van der Waals surface area (Å²) < 4.78 is 27.0. The van der Waals surface area contributed by atoms with Gasteiger partial charge in [0.05, 0.1) is 16.4 Å². The highest BCUT2D eigenvalue weighted by atomic mass is 32.2. The van der Waals surface area contributed by atoms with Crippen LogP contribution in [-0.4, -0.2) is 25.8 Å². The fourth-order valence-corrected chi connectivity index (χ4v) is 3.37. The van der Waals surface area contributed by atoms with E-state index in [2.05, 4.69) is 21.9 Å². The number of nitro groups is 1. The second-order valence-corrected chi connectivity index (χ2v) is 7.33. The van der Waals surface area contributed by atoms with Crippen LogP contribution in [-0.2, 0) is 14.8 Å². The zero-order valence-electron chi connectivity index (χ0n) is 14.6. The Bertz CT molecular complexity index is 1030. The monoisotopic (exact) mass is 387 g/mol. The lowest BCUT2D eigenvalue weighted by molar-refractivity contribution is -0.385. The third-order valence-electron chi connectivity index (χ3n) is 3.46. The molecule has 0 unspecified atom stereocenters. The Morgan fingerprint density at radius 3 is 2.44 bits per heavy atom. The predicted octanol–water partition coefficient (Wildman–Crippen LogP) is 2.19. The molecule has 2 aromatic carbocycles. The summed E-state index contributed by atoms with van der Waals surface area (Å²) in [6.45, 7) is 2.81. The van der Waals surface area contributed by atoms with Crippen molar-refractivity contribution in [2.45, 2.75) is 18.7 Å². The Morgan fingerprint density at radius 2 is 1.85 bits per heavy atom. The summed E-state index contributed by atoms with van der Waals surface area (Å²) in [6, 6.07) is 10.4. The predicted molar refractivity (Wildman–Crippen MR) is 101 cm³/mol. The van der Waals surface area contributed by atoms with Crippen molar-refractivity contribution in [2.24, 2.45) is 0 Å². The third kappa shape index (κ3) is 5.64. The molecule has 27 heavy (non-hydrogen) atoms. The van der Waals surface area contributed by atoms with Gasteiger partial charge in [-0.15, -0.1) is 0 Å². The summed E-state index contributed by atoms with van der Waals surface area (Å²) in [6.07, 6.45) is 0. The zero-order valence-corrected chi connectivity index (χ0v) is 15.5. The van der Waals surface area contributed by atoms with Gasteiger partial charge in [-0.1, -0.05) is 17.9 Å². The number of hydrogen-bond acceptors (Lipinski definition) is 5. The standard InChI is InChI=1S/C18H17N3O5S/c1-13-5-10-17(21(23)24)12-18(13)27(25,26)19-11-3-4-15-6-8-16(9-7-15)20-14(2)22/h5-10,12,19H,11H2,1-2H3,(H,20,22). The van der Waals surface area contributed by atoms with Crippen LogP contribution in [0.2, 0.25) is 0 Å². The topological polar surface area (TPSA) is 118 Å². The number of aryl methyl sites for hydroxylation is 1. The van der Waals surface area contributed by atoms with Crippen molar-refractivity contribution in [1.29, 1.82) is 0 Å². The van der Waals surface area contributed by atoms with E-state index in [0.29, 0.717) is 16.8 Å². The van der Waals surface area contributed by atoms with E-state index < -0.39 is 14.9 Å². The summed E-state index contributed by atoms with van der Waals surface area (Å²) in [5, 5.41) is 13.5. The molecule has 140 valence electrons. The number of benzene rings is 2. The first-order valence-corrected chi connectivity index (χ1v) is 9.28. The van der Waals surface area contributed by atoms with Crippen LogP contribution in [0, 0.1) is 28.9 Å². The van der Waals surface area contributed by atoms with Crippen LogP contribution in [0.3, 0.4) is 0 Å². The number of rotatable bonds is 5. The van der Waals surface area contributed by atoms with E-state index in [1.165, 1.54) is 19.1 Å². The molecule has 0 aliphatic heterocycles. The Kier molecular flexibility index (Phi) is 6.28. The zero-order chi connectivity index (χ0) is 20.0. The lowest BCUT2D eigenvalue weighted by Crippen LogP contribution is -2.24. The fraction of sp³-hybridized carbons (Fsp3) is 0.167. The summed E-state index contributed by atoms with van der Waals surface area (Å²) in [5.74, 6) is 5.30. The van der Waals surface area contributed by atoms with E-state index in [0.717, 1.165) is 6.07 Å². The second kappa shape index (κ2) is 8.44. The van der Waals surface area contributed by atoms with E-state index >= 15 is 0 Å². The maximum atomic E-state index is 12.3. The van der Waals surface area contributed by atoms with Gasteiger partial charge in [0.15, 0.2) is 0 Å². The largest absolute Gasteiger partial charge is 0.326 e. The maximum Gasteiger partial charge on any atom is 0.270 e. The van der Waals surface area contributed by atoms with Crippen molar-refractivity contribution in [3.05, 3.63) is 63.7 Å². The van der Waals surface area contributed by atoms with Gasteiger partial charge >= 0.3 is 0 Å². The molecule has 9 heteroatoms. The number of nitrogens with zero attached hydrogens (tertiary/aromatic N) is 1. The minimum Gasteiger partial charge on any atom is -0.326 e. The van der Waals surface area contributed by atoms with Gasteiger partial charge in [0, 0.05) is 30.3 Å². The SMILES string of the molecule is CC(=O)Nc1ccc(C#CCNS(=O)(=O)c2cc([N+](=O)[O-])ccc2C)cc1. The van der Waals surface area contributed by atoms with Crippen LogP contribution in [0.1, 0.15) is 18.1 Å². The number of non-ortho nitro benzene ring substituents is 1. The van der Waals surface area contributed by atoms with Crippen LogP contribution in [0.4, 0.5) is 11.4 Å². The minimum absolute atomic E-state index is 0.154. The number of carbonyl (C=O) groups is 1. The van der Waals surface area contributed by atoms with Crippen LogP contribution in [0.25, 0.3) is 0 Å². The van der Waals surface area contributed by atoms with Crippen molar-refractivity contribution in [3.63, 3.8) is 0 Å². The Morgan fingerprint density at radius 1 is 1.19 bits per heavy atom. The Labute approximate surface area is 156 Å². The summed E-state index contributed by atoms with van der Waals surface area (Å²) in [7, 11) is -3.93. The first kappa shape index (κ1) is 20.1. The second-order valence-electron chi connectivity index (χ2n) is 5.59. The molecule has 0 saturated heterocycles. The van der Waals surface area contributed by atoms with Gasteiger partial charge in [0.2, 0.25) is 15.9 Å². The smallest absolute Gasteiger partial charge is 0.270 e. The van der Waals surface area contributed by atoms with Crippen molar-refractivity contribution in [2.75, 3.05) is 11.9 Å². The molecule has 0 spiro atoms. The highest BCUT2D eigenvalue weighted by molar-refractivity contribution is 7.89. The third-order valence-corrected chi connectivity index (χ3v) is 5.00. The van der Waals surface area contributed by atoms with Crippen LogP contribution in [0.15, 0.2) is 47.4 Å². The highest BCUT2D eigenvalue weighted by Gasteiger charge is 2.19. The first-order valence-electron chi connectivity index (χ1n) is 7.80. The van der Waals surface area contributed by atoms with Crippen molar-refractivity contribution >= 4 is 27.3 Å². The number of hydrogen-bond donors (Lipinski definition) is 2. The van der Waals surface area contributed by atoms with Crippen molar-refractivity contribution in [3.8, 4) is 11.8 Å². The number of nitro benzene ring substituents is 1. The molecule has 0 heterocycles. The van der Waals surface area contributed by atoms with Gasteiger partial charge in [-0.3, -0.25) is 14.9 Å². The van der Waals surface area contributed by atoms with Crippen molar-refractivity contribution in [1.82, 2.24) is 4.72 Å². The average Bonchev–Trinajstić information content (AvgIpc) is 2.59. The molecule has 0 saturated carbocycles. The van der Waals surface area contributed by atoms with Gasteiger partial charge < -0.3 is 5.32 Å². The average molecular weight is 387 g/mol. The first-order chi connectivity index (χ1) is 12.7. The molecule has 0 radical (unpaired) electrons. The summed E-state index contributed by atoms with van der Waals surface area (Å²) in [4.78, 5) is 21.0. The molecular formula is C18H17N3O5S. The molecular weight excluding hydrogens is 370 g/mol. The van der Waals surface area contributed by atoms with E-state index in [1.807, 2.05) is 0 Å². The molecule has 0 bridgehead atoms. The number of amides is 1. The van der Waals surface area contributed by atoms with Crippen molar-refractivity contribution < 1.29 is 18.1 Å². The van der Waals surface area contributed by atoms with E-state index in [-0.39, 0.29) is 23.0 Å². The van der Waals surface area contributed by atoms with E-state index in [4.69, 9.17) is 0 Å². The van der Waals surface area contributed by atoms with Gasteiger partial charge in [0.1, 0.15) is 0 Å². The molecule has 0 fully saturated rings. The lowest BCUT2D eigenvalue weighted by atomic mass is 10.2. The maximum absolute atomic E-state index is 12.3. The molecule has 0 aromatic heterocycles. The molecule has 0 aliphatic rings. The van der Waals surface area contributed by atoms with Gasteiger partial charge in [-0.05, 0) is 36.8 Å². The molecule has 2 aromatic rings. The minimum atomic E-state index is -3.93. The van der Waals surface area contributed by atoms with E-state index in [9.17, 15) is 23.3 Å². The summed E-state index contributed by atoms with van der Waals surface area (Å²) in [5.41, 5.74) is 1.38. The van der Waals surface area contributed by atoms with E-state index in [1.54, 1.807) is 31.2 Å².